The molecular formula is C19H19N5OS. The van der Waals surface area contributed by atoms with Crippen molar-refractivity contribution in [1.29, 1.82) is 0 Å². The second-order valence-corrected chi connectivity index (χ2v) is 7.20. The van der Waals surface area contributed by atoms with E-state index in [4.69, 9.17) is 0 Å². The zero-order chi connectivity index (χ0) is 18.1. The Hall–Kier alpha value is -2.77. The molecule has 0 unspecified atom stereocenters. The van der Waals surface area contributed by atoms with Crippen molar-refractivity contribution >= 4 is 28.0 Å². The fourth-order valence-corrected chi connectivity index (χ4v) is 3.93. The molecule has 0 amide bonds. The predicted octanol–water partition coefficient (Wildman–Crippen LogP) is 2.83. The van der Waals surface area contributed by atoms with Crippen molar-refractivity contribution in [1.82, 2.24) is 24.1 Å². The van der Waals surface area contributed by atoms with Crippen molar-refractivity contribution in [3.63, 3.8) is 0 Å². The summed E-state index contributed by atoms with van der Waals surface area (Å²) in [4.78, 5) is 16.1. The van der Waals surface area contributed by atoms with E-state index in [1.54, 1.807) is 23.0 Å². The Morgan fingerprint density at radius 3 is 2.81 bits per heavy atom. The molecule has 0 spiro atoms. The van der Waals surface area contributed by atoms with Gasteiger partial charge >= 0.3 is 0 Å². The number of rotatable bonds is 6. The summed E-state index contributed by atoms with van der Waals surface area (Å²) >= 11 is 1.74. The van der Waals surface area contributed by atoms with E-state index in [2.05, 4.69) is 39.2 Å². The van der Waals surface area contributed by atoms with Gasteiger partial charge in [-0.05, 0) is 23.6 Å². The van der Waals surface area contributed by atoms with Gasteiger partial charge in [-0.3, -0.25) is 18.7 Å². The van der Waals surface area contributed by atoms with Crippen LogP contribution in [0.4, 0.5) is 0 Å². The van der Waals surface area contributed by atoms with Crippen LogP contribution in [0.5, 0.6) is 0 Å². The molecule has 4 aromatic rings. The second-order valence-electron chi connectivity index (χ2n) is 6.17. The lowest BCUT2D eigenvalue weighted by molar-refractivity contribution is 0.280. The Bertz CT molecular complexity index is 1130. The number of para-hydroxylation sites is 1. The van der Waals surface area contributed by atoms with E-state index < -0.39 is 0 Å². The topological polar surface area (TPSA) is 55.4 Å². The van der Waals surface area contributed by atoms with Crippen molar-refractivity contribution in [2.24, 2.45) is 7.05 Å². The molecule has 0 aliphatic heterocycles. The number of aryl methyl sites for hydroxylation is 1. The SMILES string of the molecule is C=CCN(Cc1cccs1)Cc1nnc2n(C)c(=O)c3ccccc3n12. The summed E-state index contributed by atoms with van der Waals surface area (Å²) in [6.07, 6.45) is 1.89. The lowest BCUT2D eigenvalue weighted by atomic mass is 10.2. The monoisotopic (exact) mass is 365 g/mol. The average molecular weight is 365 g/mol. The zero-order valence-electron chi connectivity index (χ0n) is 14.5. The first-order valence-electron chi connectivity index (χ1n) is 8.36. The Morgan fingerprint density at radius 1 is 1.19 bits per heavy atom. The molecule has 3 heterocycles. The van der Waals surface area contributed by atoms with Crippen molar-refractivity contribution < 1.29 is 0 Å². The van der Waals surface area contributed by atoms with Crippen LogP contribution in [-0.2, 0) is 20.1 Å². The van der Waals surface area contributed by atoms with Gasteiger partial charge < -0.3 is 0 Å². The summed E-state index contributed by atoms with van der Waals surface area (Å²) in [5, 5.41) is 11.4. The third-order valence-electron chi connectivity index (χ3n) is 4.40. The Morgan fingerprint density at radius 2 is 2.04 bits per heavy atom. The van der Waals surface area contributed by atoms with Gasteiger partial charge in [0.25, 0.3) is 5.56 Å². The third-order valence-corrected chi connectivity index (χ3v) is 5.27. The van der Waals surface area contributed by atoms with Gasteiger partial charge in [0.1, 0.15) is 0 Å². The molecule has 26 heavy (non-hydrogen) atoms. The summed E-state index contributed by atoms with van der Waals surface area (Å²) in [5.74, 6) is 1.36. The lowest BCUT2D eigenvalue weighted by Gasteiger charge is -2.19. The molecule has 132 valence electrons. The zero-order valence-corrected chi connectivity index (χ0v) is 15.3. The minimum Gasteiger partial charge on any atom is -0.287 e. The molecule has 6 nitrogen and oxygen atoms in total. The van der Waals surface area contributed by atoms with Crippen LogP contribution in [0.1, 0.15) is 10.7 Å². The number of fused-ring (bicyclic) bond motifs is 3. The van der Waals surface area contributed by atoms with Gasteiger partial charge in [0.2, 0.25) is 5.78 Å². The van der Waals surface area contributed by atoms with Crippen LogP contribution >= 0.6 is 11.3 Å². The van der Waals surface area contributed by atoms with Crippen LogP contribution in [0.3, 0.4) is 0 Å². The fraction of sp³-hybridized carbons (Fsp3) is 0.211. The Balaban J connectivity index is 1.81. The van der Waals surface area contributed by atoms with Gasteiger partial charge in [-0.1, -0.05) is 24.3 Å². The minimum absolute atomic E-state index is 0.0615. The number of thiophene rings is 1. The van der Waals surface area contributed by atoms with Crippen LogP contribution in [0.25, 0.3) is 16.7 Å². The van der Waals surface area contributed by atoms with Crippen molar-refractivity contribution in [2.75, 3.05) is 6.54 Å². The number of nitrogens with zero attached hydrogens (tertiary/aromatic N) is 5. The molecule has 0 saturated carbocycles. The molecule has 0 atom stereocenters. The molecule has 7 heteroatoms. The van der Waals surface area contributed by atoms with E-state index in [0.29, 0.717) is 17.7 Å². The highest BCUT2D eigenvalue weighted by Gasteiger charge is 2.16. The minimum atomic E-state index is -0.0615. The molecule has 0 radical (unpaired) electrons. The highest BCUT2D eigenvalue weighted by molar-refractivity contribution is 7.09. The van der Waals surface area contributed by atoms with E-state index in [9.17, 15) is 4.79 Å². The molecule has 0 fully saturated rings. The molecule has 1 aromatic carbocycles. The summed E-state index contributed by atoms with van der Waals surface area (Å²) in [6, 6.07) is 11.8. The van der Waals surface area contributed by atoms with E-state index in [-0.39, 0.29) is 5.56 Å². The summed E-state index contributed by atoms with van der Waals surface area (Å²) in [5.41, 5.74) is 0.772. The normalized spacial score (nSPS) is 11.6. The number of aromatic nitrogens is 4. The Kier molecular flexibility index (Phi) is 4.40. The molecule has 0 bridgehead atoms. The number of hydrogen-bond donors (Lipinski definition) is 0. The smallest absolute Gasteiger partial charge is 0.262 e. The van der Waals surface area contributed by atoms with Crippen LogP contribution < -0.4 is 5.56 Å². The van der Waals surface area contributed by atoms with E-state index >= 15 is 0 Å². The van der Waals surface area contributed by atoms with E-state index in [1.165, 1.54) is 4.88 Å². The van der Waals surface area contributed by atoms with Crippen molar-refractivity contribution in [3.8, 4) is 0 Å². The fourth-order valence-electron chi connectivity index (χ4n) is 3.18. The molecule has 4 rings (SSSR count). The van der Waals surface area contributed by atoms with Crippen LogP contribution in [-0.4, -0.2) is 30.6 Å². The number of hydrogen-bond acceptors (Lipinski definition) is 5. The average Bonchev–Trinajstić information content (AvgIpc) is 3.30. The first-order valence-corrected chi connectivity index (χ1v) is 9.24. The standard InChI is InChI=1S/C19H19N5OS/c1-3-10-23(12-14-7-6-11-26-14)13-17-20-21-19-22(2)18(25)15-8-4-5-9-16(15)24(17)19/h3-9,11H,1,10,12-13H2,2H3. The van der Waals surface area contributed by atoms with Crippen molar-refractivity contribution in [2.45, 2.75) is 13.1 Å². The van der Waals surface area contributed by atoms with E-state index in [1.807, 2.05) is 34.7 Å². The summed E-state index contributed by atoms with van der Waals surface area (Å²) in [7, 11) is 1.73. The maximum absolute atomic E-state index is 12.5. The summed E-state index contributed by atoms with van der Waals surface area (Å²) < 4.78 is 3.52. The van der Waals surface area contributed by atoms with Gasteiger partial charge in [0, 0.05) is 25.0 Å². The van der Waals surface area contributed by atoms with Crippen LogP contribution in [0.15, 0.2) is 59.2 Å². The molecule has 0 aliphatic rings. The molecule has 0 N–H and O–H groups in total. The van der Waals surface area contributed by atoms with Crippen LogP contribution in [0, 0.1) is 0 Å². The summed E-state index contributed by atoms with van der Waals surface area (Å²) in [6.45, 7) is 6.06. The quantitative estimate of drug-likeness (QED) is 0.493. The van der Waals surface area contributed by atoms with Gasteiger partial charge in [-0.15, -0.1) is 28.1 Å². The van der Waals surface area contributed by atoms with Crippen molar-refractivity contribution in [3.05, 3.63) is 75.5 Å². The van der Waals surface area contributed by atoms with E-state index in [0.717, 1.165) is 24.4 Å². The van der Waals surface area contributed by atoms with Gasteiger partial charge in [-0.25, -0.2) is 0 Å². The molecule has 0 aliphatic carbocycles. The lowest BCUT2D eigenvalue weighted by Crippen LogP contribution is -2.25. The molecular weight excluding hydrogens is 346 g/mol. The molecule has 0 saturated heterocycles. The third kappa shape index (κ3) is 2.85. The van der Waals surface area contributed by atoms with Gasteiger partial charge in [0.15, 0.2) is 5.82 Å². The maximum Gasteiger partial charge on any atom is 0.262 e. The highest BCUT2D eigenvalue weighted by Crippen LogP contribution is 2.17. The predicted molar refractivity (Wildman–Crippen MR) is 104 cm³/mol. The Labute approximate surface area is 154 Å². The first-order chi connectivity index (χ1) is 12.7. The maximum atomic E-state index is 12.5. The van der Waals surface area contributed by atoms with Gasteiger partial charge in [0.05, 0.1) is 17.4 Å². The molecule has 3 aromatic heterocycles. The van der Waals surface area contributed by atoms with Gasteiger partial charge in [-0.2, -0.15) is 0 Å². The van der Waals surface area contributed by atoms with Crippen LogP contribution in [0.2, 0.25) is 0 Å². The highest BCUT2D eigenvalue weighted by atomic mass is 32.1. The number of benzene rings is 1. The first kappa shape index (κ1) is 16.7. The largest absolute Gasteiger partial charge is 0.287 e. The second kappa shape index (κ2) is 6.86.